The van der Waals surface area contributed by atoms with E-state index in [1.165, 1.54) is 0 Å². The lowest BCUT2D eigenvalue weighted by Crippen LogP contribution is -2.51. The van der Waals surface area contributed by atoms with E-state index in [1.54, 1.807) is 7.05 Å². The standard InChI is InChI=1S/C17H22ClN3O2/c1-19-16(22)11-20-6-8-21(9-7-20)17(23)14-10-13(14)12-4-2-3-5-15(12)18/h2-5,13-14H,6-11H2,1H3,(H,19,22). The van der Waals surface area contributed by atoms with E-state index in [0.717, 1.165) is 30.1 Å². The summed E-state index contributed by atoms with van der Waals surface area (Å²) in [4.78, 5) is 28.0. The minimum Gasteiger partial charge on any atom is -0.358 e. The quantitative estimate of drug-likeness (QED) is 0.903. The molecule has 1 aliphatic heterocycles. The Morgan fingerprint density at radius 3 is 2.57 bits per heavy atom. The number of hydrogen-bond donors (Lipinski definition) is 1. The number of carbonyl (C=O) groups is 2. The average Bonchev–Trinajstić information content (AvgIpc) is 3.35. The van der Waals surface area contributed by atoms with E-state index in [4.69, 9.17) is 11.6 Å². The number of nitrogens with one attached hydrogen (secondary N) is 1. The number of likely N-dealkylation sites (N-methyl/N-ethyl adjacent to an activating group) is 1. The van der Waals surface area contributed by atoms with Gasteiger partial charge in [0, 0.05) is 44.2 Å². The summed E-state index contributed by atoms with van der Waals surface area (Å²) in [5.41, 5.74) is 1.09. The first-order chi connectivity index (χ1) is 11.1. The summed E-state index contributed by atoms with van der Waals surface area (Å²) in [6.45, 7) is 3.30. The minimum absolute atomic E-state index is 0.0192. The van der Waals surface area contributed by atoms with E-state index in [0.29, 0.717) is 19.6 Å². The molecule has 1 saturated heterocycles. The van der Waals surface area contributed by atoms with Gasteiger partial charge >= 0.3 is 0 Å². The summed E-state index contributed by atoms with van der Waals surface area (Å²) >= 11 is 6.23. The second-order valence-corrected chi connectivity index (χ2v) is 6.65. The van der Waals surface area contributed by atoms with Crippen LogP contribution in [0, 0.1) is 5.92 Å². The smallest absolute Gasteiger partial charge is 0.233 e. The zero-order chi connectivity index (χ0) is 16.4. The molecule has 2 amide bonds. The van der Waals surface area contributed by atoms with E-state index in [2.05, 4.69) is 10.2 Å². The largest absolute Gasteiger partial charge is 0.358 e. The van der Waals surface area contributed by atoms with Crippen molar-refractivity contribution in [2.24, 2.45) is 5.92 Å². The topological polar surface area (TPSA) is 52.7 Å². The molecule has 2 fully saturated rings. The van der Waals surface area contributed by atoms with Gasteiger partial charge in [-0.05, 0) is 24.0 Å². The fraction of sp³-hybridized carbons (Fsp3) is 0.529. The molecule has 1 aliphatic carbocycles. The monoisotopic (exact) mass is 335 g/mol. The van der Waals surface area contributed by atoms with Crippen molar-refractivity contribution in [3.63, 3.8) is 0 Å². The van der Waals surface area contributed by atoms with Gasteiger partial charge in [0.25, 0.3) is 0 Å². The van der Waals surface area contributed by atoms with Crippen LogP contribution in [0.3, 0.4) is 0 Å². The third kappa shape index (κ3) is 3.67. The molecule has 23 heavy (non-hydrogen) atoms. The Labute approximate surface area is 141 Å². The molecule has 2 unspecified atom stereocenters. The molecule has 2 atom stereocenters. The van der Waals surface area contributed by atoms with Crippen LogP contribution in [0.15, 0.2) is 24.3 Å². The number of halogens is 1. The molecule has 3 rings (SSSR count). The van der Waals surface area contributed by atoms with Crippen LogP contribution >= 0.6 is 11.6 Å². The second-order valence-electron chi connectivity index (χ2n) is 6.24. The second kappa shape index (κ2) is 6.89. The van der Waals surface area contributed by atoms with Crippen LogP contribution in [0.2, 0.25) is 5.02 Å². The molecular formula is C17H22ClN3O2. The Morgan fingerprint density at radius 1 is 1.22 bits per heavy atom. The van der Waals surface area contributed by atoms with Gasteiger partial charge in [-0.1, -0.05) is 29.8 Å². The van der Waals surface area contributed by atoms with E-state index in [9.17, 15) is 9.59 Å². The maximum absolute atomic E-state index is 12.6. The van der Waals surface area contributed by atoms with Crippen LogP contribution in [0.1, 0.15) is 17.9 Å². The van der Waals surface area contributed by atoms with Crippen molar-refractivity contribution in [2.75, 3.05) is 39.8 Å². The molecule has 5 nitrogen and oxygen atoms in total. The first kappa shape index (κ1) is 16.3. The Morgan fingerprint density at radius 2 is 1.91 bits per heavy atom. The third-order valence-corrected chi connectivity index (χ3v) is 5.09. The zero-order valence-corrected chi connectivity index (χ0v) is 14.1. The summed E-state index contributed by atoms with van der Waals surface area (Å²) in [5, 5.41) is 3.38. The van der Waals surface area contributed by atoms with Gasteiger partial charge in [0.1, 0.15) is 0 Å². The predicted octanol–water partition coefficient (Wildman–Crippen LogP) is 1.33. The summed E-state index contributed by atoms with van der Waals surface area (Å²) in [6.07, 6.45) is 0.890. The molecule has 0 aromatic heterocycles. The fourth-order valence-corrected chi connectivity index (χ4v) is 3.51. The molecule has 1 aromatic carbocycles. The molecule has 6 heteroatoms. The van der Waals surface area contributed by atoms with Gasteiger partial charge in [-0.15, -0.1) is 0 Å². The Hall–Kier alpha value is -1.59. The zero-order valence-electron chi connectivity index (χ0n) is 13.3. The SMILES string of the molecule is CNC(=O)CN1CCN(C(=O)C2CC2c2ccccc2Cl)CC1. The number of carbonyl (C=O) groups excluding carboxylic acids is 2. The van der Waals surface area contributed by atoms with E-state index in [1.807, 2.05) is 29.2 Å². The van der Waals surface area contributed by atoms with Crippen molar-refractivity contribution in [1.82, 2.24) is 15.1 Å². The summed E-state index contributed by atoms with van der Waals surface area (Å²) in [6, 6.07) is 7.78. The van der Waals surface area contributed by atoms with E-state index in [-0.39, 0.29) is 23.7 Å². The van der Waals surface area contributed by atoms with Crippen LogP contribution in [-0.4, -0.2) is 61.4 Å². The lowest BCUT2D eigenvalue weighted by Gasteiger charge is -2.34. The van der Waals surface area contributed by atoms with Gasteiger partial charge < -0.3 is 10.2 Å². The van der Waals surface area contributed by atoms with Crippen molar-refractivity contribution < 1.29 is 9.59 Å². The normalized spacial score (nSPS) is 24.3. The highest BCUT2D eigenvalue weighted by molar-refractivity contribution is 6.31. The lowest BCUT2D eigenvalue weighted by molar-refractivity contribution is -0.134. The van der Waals surface area contributed by atoms with Crippen LogP contribution in [0.25, 0.3) is 0 Å². The van der Waals surface area contributed by atoms with Gasteiger partial charge in [0.05, 0.1) is 6.54 Å². The van der Waals surface area contributed by atoms with Crippen molar-refractivity contribution in [1.29, 1.82) is 0 Å². The number of benzene rings is 1. The Bertz CT molecular complexity index is 599. The van der Waals surface area contributed by atoms with Crippen molar-refractivity contribution >= 4 is 23.4 Å². The van der Waals surface area contributed by atoms with Crippen LogP contribution in [-0.2, 0) is 9.59 Å². The van der Waals surface area contributed by atoms with Crippen molar-refractivity contribution in [2.45, 2.75) is 12.3 Å². The van der Waals surface area contributed by atoms with Gasteiger partial charge in [-0.3, -0.25) is 14.5 Å². The van der Waals surface area contributed by atoms with Gasteiger partial charge in [-0.25, -0.2) is 0 Å². The van der Waals surface area contributed by atoms with Crippen LogP contribution in [0.5, 0.6) is 0 Å². The van der Waals surface area contributed by atoms with Crippen LogP contribution in [0.4, 0.5) is 0 Å². The molecule has 1 heterocycles. The van der Waals surface area contributed by atoms with Crippen molar-refractivity contribution in [3.05, 3.63) is 34.9 Å². The molecule has 0 spiro atoms. The number of rotatable bonds is 4. The number of nitrogens with zero attached hydrogens (tertiary/aromatic N) is 2. The first-order valence-electron chi connectivity index (χ1n) is 8.06. The molecule has 1 N–H and O–H groups in total. The summed E-state index contributed by atoms with van der Waals surface area (Å²) < 4.78 is 0. The minimum atomic E-state index is 0.0192. The maximum Gasteiger partial charge on any atom is 0.233 e. The fourth-order valence-electron chi connectivity index (χ4n) is 3.23. The molecule has 0 radical (unpaired) electrons. The van der Waals surface area contributed by atoms with Gasteiger partial charge in [-0.2, -0.15) is 0 Å². The Balaban J connectivity index is 1.51. The van der Waals surface area contributed by atoms with E-state index < -0.39 is 0 Å². The first-order valence-corrected chi connectivity index (χ1v) is 8.44. The van der Waals surface area contributed by atoms with Crippen molar-refractivity contribution in [3.8, 4) is 0 Å². The van der Waals surface area contributed by atoms with E-state index >= 15 is 0 Å². The molecule has 2 aliphatic rings. The highest BCUT2D eigenvalue weighted by Crippen LogP contribution is 2.50. The maximum atomic E-state index is 12.6. The predicted molar refractivity (Wildman–Crippen MR) is 89.4 cm³/mol. The number of hydrogen-bond acceptors (Lipinski definition) is 3. The third-order valence-electron chi connectivity index (χ3n) is 4.74. The van der Waals surface area contributed by atoms with Gasteiger partial charge in [0.15, 0.2) is 0 Å². The molecule has 124 valence electrons. The molecule has 1 saturated carbocycles. The summed E-state index contributed by atoms with van der Waals surface area (Å²) in [7, 11) is 1.64. The summed E-state index contributed by atoms with van der Waals surface area (Å²) in [5.74, 6) is 0.584. The molecule has 0 bridgehead atoms. The highest BCUT2D eigenvalue weighted by atomic mass is 35.5. The average molecular weight is 336 g/mol. The van der Waals surface area contributed by atoms with Crippen LogP contribution < -0.4 is 5.32 Å². The Kier molecular flexibility index (Phi) is 4.87. The van der Waals surface area contributed by atoms with Gasteiger partial charge in [0.2, 0.25) is 11.8 Å². The lowest BCUT2D eigenvalue weighted by atomic mass is 10.1. The molecular weight excluding hydrogens is 314 g/mol. The highest BCUT2D eigenvalue weighted by Gasteiger charge is 2.46. The molecule has 1 aromatic rings. The number of piperazine rings is 1. The number of amides is 2.